The van der Waals surface area contributed by atoms with E-state index in [0.29, 0.717) is 17.8 Å². The number of anilines is 1. The summed E-state index contributed by atoms with van der Waals surface area (Å²) in [5, 5.41) is 0. The Hall–Kier alpha value is -0.760. The first kappa shape index (κ1) is 13.3. The number of alkyl halides is 1. The monoisotopic (exact) mass is 240 g/mol. The highest BCUT2D eigenvalue weighted by Gasteiger charge is 2.12. The minimum atomic E-state index is 0.472. The lowest BCUT2D eigenvalue weighted by molar-refractivity contribution is 0.504. The van der Waals surface area contributed by atoms with Crippen molar-refractivity contribution < 1.29 is 0 Å². The summed E-state index contributed by atoms with van der Waals surface area (Å²) in [6.07, 6.45) is 3.01. The maximum absolute atomic E-state index is 5.79. The van der Waals surface area contributed by atoms with Crippen LogP contribution in [0, 0.1) is 5.92 Å². The highest BCUT2D eigenvalue weighted by atomic mass is 35.5. The molecule has 1 unspecified atom stereocenters. The van der Waals surface area contributed by atoms with E-state index >= 15 is 0 Å². The Morgan fingerprint density at radius 2 is 2.06 bits per heavy atom. The molecule has 1 aromatic heterocycles. The predicted molar refractivity (Wildman–Crippen MR) is 71.1 cm³/mol. The molecular formula is C13H21ClN2. The van der Waals surface area contributed by atoms with Gasteiger partial charge in [0.2, 0.25) is 0 Å². The molecule has 1 rings (SSSR count). The molecule has 0 amide bonds. The van der Waals surface area contributed by atoms with Crippen molar-refractivity contribution in [2.24, 2.45) is 5.92 Å². The second-order valence-corrected chi connectivity index (χ2v) is 5.00. The Bertz CT molecular complexity index is 325. The van der Waals surface area contributed by atoms with E-state index in [-0.39, 0.29) is 0 Å². The molecule has 16 heavy (non-hydrogen) atoms. The van der Waals surface area contributed by atoms with E-state index in [4.69, 9.17) is 11.6 Å². The topological polar surface area (TPSA) is 16.1 Å². The minimum absolute atomic E-state index is 0.472. The van der Waals surface area contributed by atoms with E-state index in [1.807, 2.05) is 12.3 Å². The molecule has 2 nitrogen and oxygen atoms in total. The number of hydrogen-bond acceptors (Lipinski definition) is 2. The Morgan fingerprint density at radius 3 is 2.62 bits per heavy atom. The van der Waals surface area contributed by atoms with Crippen molar-refractivity contribution in [2.75, 3.05) is 11.9 Å². The lowest BCUT2D eigenvalue weighted by Gasteiger charge is -2.28. The number of rotatable bonds is 5. The highest BCUT2D eigenvalue weighted by molar-refractivity contribution is 6.16. The van der Waals surface area contributed by atoms with Gasteiger partial charge in [-0.25, -0.2) is 0 Å². The predicted octanol–water partition coefficient (Wildman–Crippen LogP) is 3.69. The molecule has 1 aromatic rings. The zero-order chi connectivity index (χ0) is 12.1. The van der Waals surface area contributed by atoms with Crippen LogP contribution in [0.15, 0.2) is 18.3 Å². The van der Waals surface area contributed by atoms with Crippen LogP contribution in [-0.2, 0) is 5.88 Å². The van der Waals surface area contributed by atoms with Crippen LogP contribution in [0.2, 0.25) is 0 Å². The van der Waals surface area contributed by atoms with Crippen molar-refractivity contribution in [3.63, 3.8) is 0 Å². The average molecular weight is 241 g/mol. The second kappa shape index (κ2) is 6.09. The van der Waals surface area contributed by atoms with Crippen molar-refractivity contribution in [3.05, 3.63) is 24.0 Å². The summed E-state index contributed by atoms with van der Waals surface area (Å²) in [5.74, 6) is 1.19. The Morgan fingerprint density at radius 1 is 1.38 bits per heavy atom. The van der Waals surface area contributed by atoms with E-state index in [1.54, 1.807) is 0 Å². The van der Waals surface area contributed by atoms with Gasteiger partial charge in [0.1, 0.15) is 0 Å². The third-order valence-electron chi connectivity index (χ3n) is 2.82. The van der Waals surface area contributed by atoms with E-state index in [0.717, 1.165) is 5.69 Å². The fourth-order valence-electron chi connectivity index (χ4n) is 1.85. The number of pyridine rings is 1. The van der Waals surface area contributed by atoms with Crippen molar-refractivity contribution in [1.29, 1.82) is 0 Å². The molecule has 0 aliphatic carbocycles. The maximum Gasteiger partial charge on any atom is 0.0648 e. The molecule has 1 atom stereocenters. The van der Waals surface area contributed by atoms with Crippen LogP contribution in [0.25, 0.3) is 0 Å². The van der Waals surface area contributed by atoms with E-state index in [2.05, 4.69) is 43.8 Å². The molecular weight excluding hydrogens is 220 g/mol. The number of halogens is 1. The van der Waals surface area contributed by atoms with E-state index < -0.39 is 0 Å². The Labute approximate surface area is 104 Å². The summed E-state index contributed by atoms with van der Waals surface area (Å²) >= 11 is 5.79. The Kier molecular flexibility index (Phi) is 5.07. The third-order valence-corrected chi connectivity index (χ3v) is 3.09. The lowest BCUT2D eigenvalue weighted by atomic mass is 10.0. The molecule has 90 valence electrons. The van der Waals surface area contributed by atoms with Crippen LogP contribution < -0.4 is 4.90 Å². The van der Waals surface area contributed by atoms with Gasteiger partial charge in [-0.3, -0.25) is 4.98 Å². The SMILES string of the molecule is CC(C)CC(C)N(C)c1ccnc(CCl)c1. The molecule has 0 bridgehead atoms. The third kappa shape index (κ3) is 3.67. The van der Waals surface area contributed by atoms with Gasteiger partial charge in [-0.15, -0.1) is 11.6 Å². The van der Waals surface area contributed by atoms with E-state index in [1.165, 1.54) is 12.1 Å². The molecule has 1 heterocycles. The van der Waals surface area contributed by atoms with Crippen LogP contribution in [0.5, 0.6) is 0 Å². The zero-order valence-corrected chi connectivity index (χ0v) is 11.3. The number of aromatic nitrogens is 1. The fourth-order valence-corrected chi connectivity index (χ4v) is 2.00. The van der Waals surface area contributed by atoms with Gasteiger partial charge in [0.25, 0.3) is 0 Å². The summed E-state index contributed by atoms with van der Waals surface area (Å²) < 4.78 is 0. The average Bonchev–Trinajstić information content (AvgIpc) is 2.27. The first-order valence-corrected chi connectivity index (χ1v) is 6.31. The quantitative estimate of drug-likeness (QED) is 0.730. The molecule has 0 aliphatic rings. The molecule has 3 heteroatoms. The van der Waals surface area contributed by atoms with Crippen molar-refractivity contribution in [1.82, 2.24) is 4.98 Å². The van der Waals surface area contributed by atoms with Crippen molar-refractivity contribution in [2.45, 2.75) is 39.1 Å². The van der Waals surface area contributed by atoms with Gasteiger partial charge < -0.3 is 4.90 Å². The van der Waals surface area contributed by atoms with Gasteiger partial charge >= 0.3 is 0 Å². The Balaban J connectivity index is 2.74. The zero-order valence-electron chi connectivity index (χ0n) is 10.6. The van der Waals surface area contributed by atoms with Crippen LogP contribution in [0.3, 0.4) is 0 Å². The standard InChI is InChI=1S/C13H21ClN2/c1-10(2)7-11(3)16(4)13-5-6-15-12(8-13)9-14/h5-6,8,10-11H,7,9H2,1-4H3. The number of nitrogens with zero attached hydrogens (tertiary/aromatic N) is 2. The molecule has 0 aromatic carbocycles. The van der Waals surface area contributed by atoms with E-state index in [9.17, 15) is 0 Å². The molecule has 0 spiro atoms. The van der Waals surface area contributed by atoms with Crippen molar-refractivity contribution in [3.8, 4) is 0 Å². The summed E-state index contributed by atoms with van der Waals surface area (Å²) in [7, 11) is 2.13. The van der Waals surface area contributed by atoms with Crippen LogP contribution in [0.1, 0.15) is 32.9 Å². The van der Waals surface area contributed by atoms with Gasteiger partial charge in [-0.2, -0.15) is 0 Å². The smallest absolute Gasteiger partial charge is 0.0648 e. The van der Waals surface area contributed by atoms with Crippen molar-refractivity contribution >= 4 is 17.3 Å². The molecule has 0 radical (unpaired) electrons. The van der Waals surface area contributed by atoms with Gasteiger partial charge in [-0.1, -0.05) is 13.8 Å². The first-order chi connectivity index (χ1) is 7.54. The van der Waals surface area contributed by atoms with Gasteiger partial charge in [0.15, 0.2) is 0 Å². The maximum atomic E-state index is 5.79. The second-order valence-electron chi connectivity index (χ2n) is 4.73. The number of hydrogen-bond donors (Lipinski definition) is 0. The molecule has 0 aliphatic heterocycles. The summed E-state index contributed by atoms with van der Waals surface area (Å²) in [6, 6.07) is 4.63. The first-order valence-electron chi connectivity index (χ1n) is 5.78. The van der Waals surface area contributed by atoms with Gasteiger partial charge in [0.05, 0.1) is 11.6 Å². The fraction of sp³-hybridized carbons (Fsp3) is 0.615. The highest BCUT2D eigenvalue weighted by Crippen LogP contribution is 2.19. The molecule has 0 fully saturated rings. The summed E-state index contributed by atoms with van der Waals surface area (Å²) in [5.41, 5.74) is 2.13. The molecule has 0 saturated carbocycles. The molecule has 0 N–H and O–H groups in total. The lowest BCUT2D eigenvalue weighted by Crippen LogP contribution is -2.30. The minimum Gasteiger partial charge on any atom is -0.372 e. The summed E-state index contributed by atoms with van der Waals surface area (Å²) in [6.45, 7) is 6.75. The van der Waals surface area contributed by atoms with Crippen LogP contribution in [0.4, 0.5) is 5.69 Å². The summed E-state index contributed by atoms with van der Waals surface area (Å²) in [4.78, 5) is 6.49. The van der Waals surface area contributed by atoms with Crippen LogP contribution >= 0.6 is 11.6 Å². The normalized spacial score (nSPS) is 12.9. The van der Waals surface area contributed by atoms with Crippen LogP contribution in [-0.4, -0.2) is 18.1 Å². The molecule has 0 saturated heterocycles. The van der Waals surface area contributed by atoms with Gasteiger partial charge in [-0.05, 0) is 31.4 Å². The van der Waals surface area contributed by atoms with Gasteiger partial charge in [0, 0.05) is 25.0 Å². The largest absolute Gasteiger partial charge is 0.372 e.